The number of ether oxygens (including phenoxy) is 2. The molecule has 110 valence electrons. The highest BCUT2D eigenvalue weighted by Crippen LogP contribution is 2.29. The third-order valence-corrected chi connectivity index (χ3v) is 4.32. The highest BCUT2D eigenvalue weighted by molar-refractivity contribution is 9.11. The van der Waals surface area contributed by atoms with Gasteiger partial charge in [0.15, 0.2) is 6.61 Å². The predicted molar refractivity (Wildman–Crippen MR) is 92.1 cm³/mol. The van der Waals surface area contributed by atoms with Crippen LogP contribution in [-0.2, 0) is 4.79 Å². The van der Waals surface area contributed by atoms with E-state index < -0.39 is 5.97 Å². The third kappa shape index (κ3) is 4.98. The monoisotopic (exact) mass is 496 g/mol. The molecule has 0 bridgehead atoms. The number of carbonyl (C=O) groups excluding carboxylic acids is 1. The minimum Gasteiger partial charge on any atom is -0.481 e. The first kappa shape index (κ1) is 16.8. The molecule has 0 spiro atoms. The molecule has 0 aliphatic heterocycles. The van der Waals surface area contributed by atoms with Crippen LogP contribution in [0.5, 0.6) is 11.5 Å². The van der Waals surface area contributed by atoms with Gasteiger partial charge in [-0.15, -0.1) is 0 Å². The fraction of sp³-hybridized carbons (Fsp3) is 0.0714. The van der Waals surface area contributed by atoms with Crippen LogP contribution in [0.25, 0.3) is 0 Å². The van der Waals surface area contributed by atoms with Crippen molar-refractivity contribution < 1.29 is 14.3 Å². The molecule has 3 nitrogen and oxygen atoms in total. The highest BCUT2D eigenvalue weighted by Gasteiger charge is 2.11. The maximum absolute atomic E-state index is 11.8. The van der Waals surface area contributed by atoms with Gasteiger partial charge in [0, 0.05) is 9.50 Å². The summed E-state index contributed by atoms with van der Waals surface area (Å²) in [4.78, 5) is 11.8. The molecule has 2 aromatic carbocycles. The Morgan fingerprint density at radius 3 is 2.33 bits per heavy atom. The van der Waals surface area contributed by atoms with E-state index in [0.29, 0.717) is 21.0 Å². The summed E-state index contributed by atoms with van der Waals surface area (Å²) in [5.41, 5.74) is 0. The second-order valence-corrected chi connectivity index (χ2v) is 6.97. The van der Waals surface area contributed by atoms with Crippen LogP contribution in [0.1, 0.15) is 0 Å². The van der Waals surface area contributed by atoms with Crippen LogP contribution in [0.2, 0.25) is 5.02 Å². The molecule has 2 aromatic rings. The van der Waals surface area contributed by atoms with Gasteiger partial charge >= 0.3 is 5.97 Å². The zero-order valence-corrected chi connectivity index (χ0v) is 15.9. The molecule has 0 amide bonds. The van der Waals surface area contributed by atoms with Gasteiger partial charge in [0.1, 0.15) is 11.5 Å². The van der Waals surface area contributed by atoms with Gasteiger partial charge in [-0.1, -0.05) is 27.5 Å². The Labute approximate surface area is 152 Å². The molecular weight excluding hydrogens is 491 g/mol. The van der Waals surface area contributed by atoms with Crippen molar-refractivity contribution in [2.45, 2.75) is 0 Å². The second-order valence-electron chi connectivity index (χ2n) is 3.91. The first-order valence-electron chi connectivity index (χ1n) is 5.69. The Kier molecular flexibility index (Phi) is 6.10. The van der Waals surface area contributed by atoms with Crippen LogP contribution in [0.15, 0.2) is 49.8 Å². The molecule has 0 N–H and O–H groups in total. The van der Waals surface area contributed by atoms with E-state index in [-0.39, 0.29) is 6.61 Å². The van der Waals surface area contributed by atoms with Gasteiger partial charge in [0.25, 0.3) is 0 Å². The van der Waals surface area contributed by atoms with Gasteiger partial charge < -0.3 is 9.47 Å². The molecule has 0 saturated heterocycles. The minimum atomic E-state index is -0.507. The van der Waals surface area contributed by atoms with E-state index >= 15 is 0 Å². The smallest absolute Gasteiger partial charge is 0.349 e. The van der Waals surface area contributed by atoms with Crippen molar-refractivity contribution >= 4 is 65.4 Å². The molecule has 0 heterocycles. The summed E-state index contributed by atoms with van der Waals surface area (Å²) in [6.07, 6.45) is 0. The Bertz CT molecular complexity index is 677. The Hall–Kier alpha value is -0.560. The van der Waals surface area contributed by atoms with Crippen LogP contribution < -0.4 is 9.47 Å². The van der Waals surface area contributed by atoms with E-state index in [0.717, 1.165) is 8.95 Å². The molecule has 0 aliphatic rings. The fourth-order valence-corrected chi connectivity index (χ4v) is 3.36. The second kappa shape index (κ2) is 7.63. The Morgan fingerprint density at radius 1 is 1.00 bits per heavy atom. The summed E-state index contributed by atoms with van der Waals surface area (Å²) in [5, 5.41) is 0.553. The molecule has 21 heavy (non-hydrogen) atoms. The van der Waals surface area contributed by atoms with Crippen LogP contribution in [-0.4, -0.2) is 12.6 Å². The number of halogens is 4. The van der Waals surface area contributed by atoms with Crippen molar-refractivity contribution in [1.82, 2.24) is 0 Å². The molecule has 0 atom stereocenters. The summed E-state index contributed by atoms with van der Waals surface area (Å²) >= 11 is 15.8. The Morgan fingerprint density at radius 2 is 1.67 bits per heavy atom. The van der Waals surface area contributed by atoms with Gasteiger partial charge in [-0.2, -0.15) is 0 Å². The van der Waals surface area contributed by atoms with Crippen molar-refractivity contribution in [3.05, 3.63) is 54.8 Å². The van der Waals surface area contributed by atoms with Crippen LogP contribution in [0.4, 0.5) is 0 Å². The van der Waals surface area contributed by atoms with E-state index in [4.69, 9.17) is 21.1 Å². The van der Waals surface area contributed by atoms with E-state index in [1.54, 1.807) is 24.3 Å². The first-order valence-corrected chi connectivity index (χ1v) is 8.45. The molecule has 0 unspecified atom stereocenters. The van der Waals surface area contributed by atoms with E-state index in [9.17, 15) is 4.79 Å². The molecular formula is C14H8Br3ClO3. The average molecular weight is 499 g/mol. The van der Waals surface area contributed by atoms with Crippen molar-refractivity contribution in [2.75, 3.05) is 6.61 Å². The lowest BCUT2D eigenvalue weighted by atomic mass is 10.3. The Balaban J connectivity index is 1.96. The zero-order chi connectivity index (χ0) is 15.4. The lowest BCUT2D eigenvalue weighted by Crippen LogP contribution is -2.18. The zero-order valence-electron chi connectivity index (χ0n) is 10.4. The highest BCUT2D eigenvalue weighted by atomic mass is 79.9. The van der Waals surface area contributed by atoms with E-state index in [1.165, 1.54) is 0 Å². The van der Waals surface area contributed by atoms with Crippen molar-refractivity contribution in [1.29, 1.82) is 0 Å². The number of rotatable bonds is 4. The number of esters is 1. The number of hydrogen-bond acceptors (Lipinski definition) is 3. The van der Waals surface area contributed by atoms with Gasteiger partial charge in [-0.25, -0.2) is 4.79 Å². The van der Waals surface area contributed by atoms with Crippen LogP contribution in [0, 0.1) is 0 Å². The van der Waals surface area contributed by atoms with Gasteiger partial charge in [-0.3, -0.25) is 0 Å². The minimum absolute atomic E-state index is 0.199. The molecule has 2 rings (SSSR count). The molecule has 0 fully saturated rings. The van der Waals surface area contributed by atoms with E-state index in [1.807, 2.05) is 12.1 Å². The van der Waals surface area contributed by atoms with Crippen molar-refractivity contribution in [3.8, 4) is 11.5 Å². The summed E-state index contributed by atoms with van der Waals surface area (Å²) in [5.74, 6) is 0.445. The lowest BCUT2D eigenvalue weighted by molar-refractivity contribution is -0.136. The van der Waals surface area contributed by atoms with Crippen molar-refractivity contribution in [3.63, 3.8) is 0 Å². The maximum Gasteiger partial charge on any atom is 0.349 e. The summed E-state index contributed by atoms with van der Waals surface area (Å²) in [6.45, 7) is -0.199. The lowest BCUT2D eigenvalue weighted by Gasteiger charge is -2.09. The average Bonchev–Trinajstić information content (AvgIpc) is 2.41. The third-order valence-electron chi connectivity index (χ3n) is 2.36. The fourth-order valence-electron chi connectivity index (χ4n) is 1.44. The number of carbonyl (C=O) groups is 1. The predicted octanol–water partition coefficient (Wildman–Crippen LogP) is 5.61. The molecule has 0 aliphatic carbocycles. The number of benzene rings is 2. The van der Waals surface area contributed by atoms with E-state index in [2.05, 4.69) is 47.8 Å². The van der Waals surface area contributed by atoms with Gasteiger partial charge in [-0.05, 0) is 68.3 Å². The first-order chi connectivity index (χ1) is 9.95. The molecule has 7 heteroatoms. The van der Waals surface area contributed by atoms with Gasteiger partial charge in [0.05, 0.1) is 8.95 Å². The molecule has 0 radical (unpaired) electrons. The topological polar surface area (TPSA) is 35.5 Å². The largest absolute Gasteiger partial charge is 0.481 e. The van der Waals surface area contributed by atoms with Crippen LogP contribution in [0.3, 0.4) is 0 Å². The maximum atomic E-state index is 11.8. The van der Waals surface area contributed by atoms with Crippen LogP contribution >= 0.6 is 59.4 Å². The summed E-state index contributed by atoms with van der Waals surface area (Å²) < 4.78 is 12.9. The number of hydrogen-bond donors (Lipinski definition) is 0. The van der Waals surface area contributed by atoms with Crippen molar-refractivity contribution in [2.24, 2.45) is 0 Å². The van der Waals surface area contributed by atoms with Gasteiger partial charge in [0.2, 0.25) is 0 Å². The quantitative estimate of drug-likeness (QED) is 0.405. The normalized spacial score (nSPS) is 10.3. The summed E-state index contributed by atoms with van der Waals surface area (Å²) in [6, 6.07) is 10.3. The summed E-state index contributed by atoms with van der Waals surface area (Å²) in [7, 11) is 0. The SMILES string of the molecule is O=C(COc1ccc(Br)cc1Br)Oc1ccc(Cl)cc1Br. The standard InChI is InChI=1S/C14H8Br3ClO3/c15-8-1-3-12(10(16)5-8)20-7-14(19)21-13-4-2-9(18)6-11(13)17/h1-6H,7H2. The molecule has 0 saturated carbocycles. The molecule has 0 aromatic heterocycles.